The van der Waals surface area contributed by atoms with Gasteiger partial charge in [-0.2, -0.15) is 18.2 Å². The van der Waals surface area contributed by atoms with E-state index in [2.05, 4.69) is 15.1 Å². The standard InChI is InChI=1S/C19H14F4N4O2/c20-13-4-1-11(2-5-13)14-7-8-27(18(14)28)10-16-25-17(26-29-16)12-3-6-15(24-9-12)19(21,22)23/h1-6,9,14H,7-8,10H2. The van der Waals surface area contributed by atoms with Crippen LogP contribution in [-0.2, 0) is 17.5 Å². The van der Waals surface area contributed by atoms with Crippen molar-refractivity contribution in [1.29, 1.82) is 0 Å². The van der Waals surface area contributed by atoms with E-state index in [-0.39, 0.29) is 41.5 Å². The third-order valence-electron chi connectivity index (χ3n) is 4.68. The van der Waals surface area contributed by atoms with Crippen LogP contribution in [0.1, 0.15) is 29.5 Å². The molecule has 1 aliphatic rings. The molecule has 29 heavy (non-hydrogen) atoms. The maximum Gasteiger partial charge on any atom is 0.433 e. The number of hydrogen-bond donors (Lipinski definition) is 0. The predicted molar refractivity (Wildman–Crippen MR) is 91.7 cm³/mol. The second kappa shape index (κ2) is 7.26. The molecule has 6 nitrogen and oxygen atoms in total. The van der Waals surface area contributed by atoms with Gasteiger partial charge in [0.1, 0.15) is 18.1 Å². The lowest BCUT2D eigenvalue weighted by atomic mass is 9.98. The van der Waals surface area contributed by atoms with Gasteiger partial charge in [-0.15, -0.1) is 0 Å². The summed E-state index contributed by atoms with van der Waals surface area (Å²) < 4.78 is 56.0. The van der Waals surface area contributed by atoms with Gasteiger partial charge in [-0.05, 0) is 36.2 Å². The number of rotatable bonds is 4. The Kier molecular flexibility index (Phi) is 4.77. The minimum absolute atomic E-state index is 0.0809. The first-order valence-electron chi connectivity index (χ1n) is 8.72. The topological polar surface area (TPSA) is 72.1 Å². The molecule has 1 aliphatic heterocycles. The van der Waals surface area contributed by atoms with Crippen molar-refractivity contribution in [2.75, 3.05) is 6.54 Å². The van der Waals surface area contributed by atoms with Gasteiger partial charge in [-0.25, -0.2) is 4.39 Å². The predicted octanol–water partition coefficient (Wildman–Crippen LogP) is 3.81. The van der Waals surface area contributed by atoms with Gasteiger partial charge < -0.3 is 9.42 Å². The molecule has 150 valence electrons. The Morgan fingerprint density at radius 2 is 1.90 bits per heavy atom. The Morgan fingerprint density at radius 1 is 1.14 bits per heavy atom. The summed E-state index contributed by atoms with van der Waals surface area (Å²) in [5.41, 5.74) is -0.00893. The normalized spacial score (nSPS) is 17.2. The molecule has 3 aromatic rings. The van der Waals surface area contributed by atoms with Gasteiger partial charge in [0.2, 0.25) is 17.6 Å². The Hall–Kier alpha value is -3.30. The fraction of sp³-hybridized carbons (Fsp3) is 0.263. The third kappa shape index (κ3) is 3.96. The Bertz CT molecular complexity index is 1020. The number of nitrogens with zero attached hydrogens (tertiary/aromatic N) is 4. The summed E-state index contributed by atoms with van der Waals surface area (Å²) in [6.07, 6.45) is -2.94. The quantitative estimate of drug-likeness (QED) is 0.617. The second-order valence-corrected chi connectivity index (χ2v) is 6.59. The van der Waals surface area contributed by atoms with Crippen LogP contribution in [0.4, 0.5) is 17.6 Å². The van der Waals surface area contributed by atoms with Crippen LogP contribution >= 0.6 is 0 Å². The van der Waals surface area contributed by atoms with Gasteiger partial charge in [-0.3, -0.25) is 9.78 Å². The van der Waals surface area contributed by atoms with Crippen LogP contribution in [0.2, 0.25) is 0 Å². The lowest BCUT2D eigenvalue weighted by Gasteiger charge is -2.14. The fourth-order valence-corrected chi connectivity index (χ4v) is 3.19. The van der Waals surface area contributed by atoms with Gasteiger partial charge in [0, 0.05) is 18.3 Å². The van der Waals surface area contributed by atoms with E-state index in [9.17, 15) is 22.4 Å². The summed E-state index contributed by atoms with van der Waals surface area (Å²) in [5, 5.41) is 3.75. The summed E-state index contributed by atoms with van der Waals surface area (Å²) in [6, 6.07) is 7.84. The number of halogens is 4. The van der Waals surface area contributed by atoms with Crippen LogP contribution in [0.3, 0.4) is 0 Å². The number of aromatic nitrogens is 3. The van der Waals surface area contributed by atoms with Crippen molar-refractivity contribution >= 4 is 5.91 Å². The van der Waals surface area contributed by atoms with Crippen molar-refractivity contribution in [3.05, 3.63) is 65.6 Å². The van der Waals surface area contributed by atoms with E-state index in [4.69, 9.17) is 4.52 Å². The number of alkyl halides is 3. The lowest BCUT2D eigenvalue weighted by molar-refractivity contribution is -0.141. The maximum atomic E-state index is 13.1. The number of carbonyl (C=O) groups excluding carboxylic acids is 1. The van der Waals surface area contributed by atoms with Crippen molar-refractivity contribution in [2.45, 2.75) is 25.1 Å². The molecular weight excluding hydrogens is 392 g/mol. The first-order valence-corrected chi connectivity index (χ1v) is 8.72. The number of carbonyl (C=O) groups is 1. The molecule has 1 unspecified atom stereocenters. The van der Waals surface area contributed by atoms with Gasteiger partial charge in [0.25, 0.3) is 0 Å². The summed E-state index contributed by atoms with van der Waals surface area (Å²) in [7, 11) is 0. The van der Waals surface area contributed by atoms with Crippen LogP contribution in [0, 0.1) is 5.82 Å². The van der Waals surface area contributed by atoms with Crippen molar-refractivity contribution in [2.24, 2.45) is 0 Å². The van der Waals surface area contributed by atoms with Crippen LogP contribution in [-0.4, -0.2) is 32.5 Å². The first kappa shape index (κ1) is 19.0. The van der Waals surface area contributed by atoms with Crippen molar-refractivity contribution in [3.8, 4) is 11.4 Å². The molecule has 1 saturated heterocycles. The highest BCUT2D eigenvalue weighted by Gasteiger charge is 2.34. The van der Waals surface area contributed by atoms with Crippen molar-refractivity contribution in [3.63, 3.8) is 0 Å². The minimum Gasteiger partial charge on any atom is -0.337 e. The summed E-state index contributed by atoms with van der Waals surface area (Å²) in [5.74, 6) is -0.618. The van der Waals surface area contributed by atoms with Gasteiger partial charge in [0.05, 0.1) is 5.92 Å². The third-order valence-corrected chi connectivity index (χ3v) is 4.68. The molecule has 2 aromatic heterocycles. The zero-order chi connectivity index (χ0) is 20.6. The molecule has 3 heterocycles. The highest BCUT2D eigenvalue weighted by molar-refractivity contribution is 5.85. The summed E-state index contributed by atoms with van der Waals surface area (Å²) in [4.78, 5) is 21.7. The largest absolute Gasteiger partial charge is 0.433 e. The second-order valence-electron chi connectivity index (χ2n) is 6.59. The molecular formula is C19H14F4N4O2. The van der Waals surface area contributed by atoms with Crippen LogP contribution in [0.5, 0.6) is 0 Å². The lowest BCUT2D eigenvalue weighted by Crippen LogP contribution is -2.26. The smallest absolute Gasteiger partial charge is 0.337 e. The first-order chi connectivity index (χ1) is 13.8. The van der Waals surface area contributed by atoms with Gasteiger partial charge >= 0.3 is 6.18 Å². The number of hydrogen-bond acceptors (Lipinski definition) is 5. The van der Waals surface area contributed by atoms with E-state index in [1.54, 1.807) is 17.0 Å². The van der Waals surface area contributed by atoms with Gasteiger partial charge in [0.15, 0.2) is 0 Å². The average molecular weight is 406 g/mol. The molecule has 4 rings (SSSR count). The molecule has 0 saturated carbocycles. The van der Waals surface area contributed by atoms with Crippen molar-refractivity contribution in [1.82, 2.24) is 20.0 Å². The monoisotopic (exact) mass is 406 g/mol. The van der Waals surface area contributed by atoms with Crippen LogP contribution in [0.25, 0.3) is 11.4 Å². The fourth-order valence-electron chi connectivity index (χ4n) is 3.19. The van der Waals surface area contributed by atoms with E-state index in [1.165, 1.54) is 18.2 Å². The molecule has 1 fully saturated rings. The Morgan fingerprint density at radius 3 is 2.55 bits per heavy atom. The highest BCUT2D eigenvalue weighted by Crippen LogP contribution is 2.30. The number of benzene rings is 1. The number of likely N-dealkylation sites (tertiary alicyclic amines) is 1. The molecule has 10 heteroatoms. The van der Waals surface area contributed by atoms with Crippen LogP contribution in [0.15, 0.2) is 47.1 Å². The molecule has 0 spiro atoms. The molecule has 0 N–H and O–H groups in total. The van der Waals surface area contributed by atoms with E-state index >= 15 is 0 Å². The molecule has 0 aliphatic carbocycles. The van der Waals surface area contributed by atoms with E-state index < -0.39 is 11.9 Å². The van der Waals surface area contributed by atoms with E-state index in [0.29, 0.717) is 13.0 Å². The SMILES string of the molecule is O=C1C(c2ccc(F)cc2)CCN1Cc1nc(-c2ccc(C(F)(F)F)nc2)no1. The molecule has 1 amide bonds. The maximum absolute atomic E-state index is 13.1. The van der Waals surface area contributed by atoms with E-state index in [0.717, 1.165) is 17.8 Å². The van der Waals surface area contributed by atoms with E-state index in [1.807, 2.05) is 0 Å². The zero-order valence-corrected chi connectivity index (χ0v) is 14.9. The summed E-state index contributed by atoms with van der Waals surface area (Å²) >= 11 is 0. The molecule has 1 atom stereocenters. The highest BCUT2D eigenvalue weighted by atomic mass is 19.4. The average Bonchev–Trinajstić information content (AvgIpc) is 3.30. The molecule has 1 aromatic carbocycles. The summed E-state index contributed by atoms with van der Waals surface area (Å²) in [6.45, 7) is 0.554. The molecule has 0 bridgehead atoms. The minimum atomic E-state index is -4.53. The van der Waals surface area contributed by atoms with Crippen LogP contribution < -0.4 is 0 Å². The van der Waals surface area contributed by atoms with Crippen molar-refractivity contribution < 1.29 is 26.9 Å². The van der Waals surface area contributed by atoms with Gasteiger partial charge in [-0.1, -0.05) is 17.3 Å². The number of pyridine rings is 1. The molecule has 0 radical (unpaired) electrons. The Labute approximate surface area is 162 Å². The zero-order valence-electron chi connectivity index (χ0n) is 14.9. The Balaban J connectivity index is 1.44. The number of amides is 1.